The van der Waals surface area contributed by atoms with Crippen molar-refractivity contribution in [3.8, 4) is 5.69 Å². The minimum atomic E-state index is 0.0166. The number of piperidine rings is 1. The molecule has 1 aromatic heterocycles. The Hall–Kier alpha value is -1.74. The van der Waals surface area contributed by atoms with Crippen LogP contribution in [0.4, 0.5) is 5.69 Å². The van der Waals surface area contributed by atoms with Crippen molar-refractivity contribution in [2.45, 2.75) is 46.1 Å². The van der Waals surface area contributed by atoms with Gasteiger partial charge in [0.2, 0.25) is 0 Å². The lowest BCUT2D eigenvalue weighted by atomic mass is 9.98. The van der Waals surface area contributed by atoms with Gasteiger partial charge in [-0.25, -0.2) is 0 Å². The molecule has 0 aliphatic carbocycles. The summed E-state index contributed by atoms with van der Waals surface area (Å²) in [5.74, 6) is 0.265. The summed E-state index contributed by atoms with van der Waals surface area (Å²) in [5, 5.41) is 0.740. The second kappa shape index (κ2) is 6.40. The van der Waals surface area contributed by atoms with E-state index in [2.05, 4.69) is 29.4 Å². The molecule has 2 aromatic rings. The molecular weight excluding hydrogens is 308 g/mol. The number of carbonyl (C=O) groups is 1. The number of benzene rings is 1. The average molecular weight is 331 g/mol. The van der Waals surface area contributed by atoms with Gasteiger partial charge in [0.1, 0.15) is 0 Å². The van der Waals surface area contributed by atoms with Gasteiger partial charge in [-0.3, -0.25) is 4.79 Å². The van der Waals surface area contributed by atoms with Crippen molar-refractivity contribution < 1.29 is 4.79 Å². The van der Waals surface area contributed by atoms with Crippen LogP contribution < -0.4 is 4.90 Å². The van der Waals surface area contributed by atoms with Gasteiger partial charge in [0.15, 0.2) is 5.78 Å². The summed E-state index contributed by atoms with van der Waals surface area (Å²) in [4.78, 5) is 14.3. The van der Waals surface area contributed by atoms with E-state index in [1.54, 1.807) is 6.92 Å². The molecule has 0 amide bonds. The van der Waals surface area contributed by atoms with Crippen molar-refractivity contribution in [3.63, 3.8) is 0 Å². The molecule has 0 radical (unpaired) electrons. The minimum absolute atomic E-state index is 0.0166. The van der Waals surface area contributed by atoms with Crippen LogP contribution in [0.2, 0.25) is 5.02 Å². The molecule has 0 saturated carbocycles. The molecule has 122 valence electrons. The second-order valence-corrected chi connectivity index (χ2v) is 6.82. The highest BCUT2D eigenvalue weighted by molar-refractivity contribution is 6.30. The molecule has 1 atom stereocenters. The smallest absolute Gasteiger partial charge is 0.152 e. The lowest BCUT2D eigenvalue weighted by Crippen LogP contribution is -2.44. The van der Waals surface area contributed by atoms with Gasteiger partial charge in [0.05, 0.1) is 11.7 Å². The summed E-state index contributed by atoms with van der Waals surface area (Å²) in [6.45, 7) is 6.90. The lowest BCUT2D eigenvalue weighted by Gasteiger charge is -2.36. The third-order valence-corrected chi connectivity index (χ3v) is 5.02. The van der Waals surface area contributed by atoms with E-state index in [4.69, 9.17) is 11.6 Å². The molecule has 0 N–H and O–H groups in total. The van der Waals surface area contributed by atoms with Crippen molar-refractivity contribution >= 4 is 23.1 Å². The Balaban J connectivity index is 2.03. The van der Waals surface area contributed by atoms with Gasteiger partial charge < -0.3 is 9.47 Å². The fourth-order valence-electron chi connectivity index (χ4n) is 3.67. The van der Waals surface area contributed by atoms with Gasteiger partial charge in [-0.1, -0.05) is 11.6 Å². The van der Waals surface area contributed by atoms with Crippen molar-refractivity contribution in [2.24, 2.45) is 0 Å². The first kappa shape index (κ1) is 16.1. The van der Waals surface area contributed by atoms with Crippen LogP contribution >= 0.6 is 11.6 Å². The number of Topliss-reactive ketones (excluding diaryl/α,β-unsaturated/α-hetero) is 1. The van der Waals surface area contributed by atoms with Crippen LogP contribution in [0.25, 0.3) is 5.69 Å². The van der Waals surface area contributed by atoms with Crippen LogP contribution in [-0.4, -0.2) is 22.9 Å². The van der Waals surface area contributed by atoms with Crippen LogP contribution in [0.3, 0.4) is 0 Å². The molecule has 3 rings (SSSR count). The maximum atomic E-state index is 12.0. The van der Waals surface area contributed by atoms with Crippen molar-refractivity contribution in [1.82, 2.24) is 4.57 Å². The van der Waals surface area contributed by atoms with Crippen LogP contribution in [0.15, 0.2) is 30.3 Å². The van der Waals surface area contributed by atoms with Crippen molar-refractivity contribution in [1.29, 1.82) is 0 Å². The topological polar surface area (TPSA) is 25.2 Å². The highest BCUT2D eigenvalue weighted by Crippen LogP contribution is 2.32. The van der Waals surface area contributed by atoms with Crippen LogP contribution in [0, 0.1) is 13.8 Å². The number of nitrogens with zero attached hydrogens (tertiary/aromatic N) is 2. The minimum Gasteiger partial charge on any atom is -0.360 e. The molecule has 0 spiro atoms. The molecule has 1 aromatic carbocycles. The summed E-state index contributed by atoms with van der Waals surface area (Å²) in [6.07, 6.45) is 3.24. The molecule has 1 aliphatic heterocycles. The Morgan fingerprint density at radius 3 is 2.52 bits per heavy atom. The van der Waals surface area contributed by atoms with E-state index in [1.807, 2.05) is 24.3 Å². The normalized spacial score (nSPS) is 18.3. The summed E-state index contributed by atoms with van der Waals surface area (Å²) >= 11 is 6.00. The first-order valence-corrected chi connectivity index (χ1v) is 8.59. The Morgan fingerprint density at radius 1 is 1.17 bits per heavy atom. The van der Waals surface area contributed by atoms with Crippen LogP contribution in [0.5, 0.6) is 0 Å². The summed E-state index contributed by atoms with van der Waals surface area (Å²) in [7, 11) is 0. The molecular formula is C19H23ClN2O. The first-order chi connectivity index (χ1) is 11.0. The Labute approximate surface area is 142 Å². The fraction of sp³-hybridized carbons (Fsp3) is 0.421. The van der Waals surface area contributed by atoms with Gasteiger partial charge in [0.25, 0.3) is 0 Å². The first-order valence-electron chi connectivity index (χ1n) is 8.21. The Kier molecular flexibility index (Phi) is 4.49. The summed E-state index contributed by atoms with van der Waals surface area (Å²) in [5.41, 5.74) is 4.63. The summed E-state index contributed by atoms with van der Waals surface area (Å²) < 4.78 is 2.23. The van der Waals surface area contributed by atoms with Gasteiger partial charge in [-0.2, -0.15) is 0 Å². The average Bonchev–Trinajstić information content (AvgIpc) is 2.83. The van der Waals surface area contributed by atoms with E-state index in [-0.39, 0.29) is 11.8 Å². The maximum absolute atomic E-state index is 12.0. The molecule has 1 unspecified atom stereocenters. The highest BCUT2D eigenvalue weighted by Gasteiger charge is 2.28. The number of ketones is 1. The largest absolute Gasteiger partial charge is 0.360 e. The van der Waals surface area contributed by atoms with Crippen LogP contribution in [-0.2, 0) is 4.79 Å². The Bertz CT molecular complexity index is 718. The van der Waals surface area contributed by atoms with E-state index in [0.29, 0.717) is 0 Å². The fourth-order valence-corrected chi connectivity index (χ4v) is 3.79. The summed E-state index contributed by atoms with van der Waals surface area (Å²) in [6, 6.07) is 10.1. The predicted molar refractivity (Wildman–Crippen MR) is 95.9 cm³/mol. The molecule has 0 bridgehead atoms. The van der Waals surface area contributed by atoms with Gasteiger partial charge in [-0.05, 0) is 70.4 Å². The third kappa shape index (κ3) is 3.02. The zero-order valence-electron chi connectivity index (χ0n) is 14.0. The molecule has 2 heterocycles. The number of halogens is 1. The number of rotatable bonds is 3. The number of anilines is 1. The van der Waals surface area contributed by atoms with Crippen molar-refractivity contribution in [3.05, 3.63) is 46.7 Å². The third-order valence-electron chi connectivity index (χ3n) is 4.77. The highest BCUT2D eigenvalue weighted by atomic mass is 35.5. The quantitative estimate of drug-likeness (QED) is 0.815. The number of carbonyl (C=O) groups excluding carboxylic acids is 1. The number of aromatic nitrogens is 1. The molecule has 1 aliphatic rings. The Morgan fingerprint density at radius 2 is 1.87 bits per heavy atom. The van der Waals surface area contributed by atoms with E-state index in [9.17, 15) is 4.79 Å². The molecule has 1 fully saturated rings. The standard InChI is InChI=1S/C19H23ClN2O/c1-13-12-19(21-11-5-4-6-18(21)15(3)23)14(2)22(13)17-9-7-16(20)8-10-17/h7-10,12,18H,4-6,11H2,1-3H3. The molecule has 23 heavy (non-hydrogen) atoms. The van der Waals surface area contributed by atoms with Crippen molar-refractivity contribution in [2.75, 3.05) is 11.4 Å². The second-order valence-electron chi connectivity index (χ2n) is 6.38. The van der Waals surface area contributed by atoms with E-state index in [1.165, 1.54) is 17.1 Å². The zero-order chi connectivity index (χ0) is 16.6. The maximum Gasteiger partial charge on any atom is 0.152 e. The predicted octanol–water partition coefficient (Wildman–Crippen LogP) is 4.70. The SMILES string of the molecule is CC(=O)C1CCCCN1c1cc(C)n(-c2ccc(Cl)cc2)c1C. The molecule has 4 heteroatoms. The molecule has 3 nitrogen and oxygen atoms in total. The van der Waals surface area contributed by atoms with E-state index >= 15 is 0 Å². The van der Waals surface area contributed by atoms with E-state index < -0.39 is 0 Å². The van der Waals surface area contributed by atoms with E-state index in [0.717, 1.165) is 36.5 Å². The van der Waals surface area contributed by atoms with Crippen LogP contribution in [0.1, 0.15) is 37.6 Å². The molecule has 1 saturated heterocycles. The van der Waals surface area contributed by atoms with Gasteiger partial charge >= 0.3 is 0 Å². The lowest BCUT2D eigenvalue weighted by molar-refractivity contribution is -0.118. The van der Waals surface area contributed by atoms with Gasteiger partial charge in [-0.15, -0.1) is 0 Å². The number of hydrogen-bond donors (Lipinski definition) is 0. The van der Waals surface area contributed by atoms with Gasteiger partial charge in [0, 0.05) is 28.6 Å². The monoisotopic (exact) mass is 330 g/mol. The number of aryl methyl sites for hydroxylation is 1. The zero-order valence-corrected chi connectivity index (χ0v) is 14.7. The number of hydrogen-bond acceptors (Lipinski definition) is 2.